The quantitative estimate of drug-likeness (QED) is 0.806. The van der Waals surface area contributed by atoms with E-state index in [2.05, 4.69) is 4.90 Å². The minimum absolute atomic E-state index is 0. The monoisotopic (exact) mass is 310 g/mol. The molecule has 1 heterocycles. The molecule has 0 spiro atoms. The zero-order valence-corrected chi connectivity index (χ0v) is 13.6. The average Bonchev–Trinajstić information content (AvgIpc) is 2.83. The molecular weight excluding hydrogens is 288 g/mol. The highest BCUT2D eigenvalue weighted by Gasteiger charge is 2.05. The van der Waals surface area contributed by atoms with Crippen LogP contribution in [-0.4, -0.2) is 50.8 Å². The molecule has 1 aromatic rings. The van der Waals surface area contributed by atoms with Crippen LogP contribution in [0.4, 0.5) is 0 Å². The van der Waals surface area contributed by atoms with Gasteiger partial charge in [0.15, 0.2) is 6.73 Å². The van der Waals surface area contributed by atoms with Crippen LogP contribution in [-0.2, 0) is 4.74 Å². The molecule has 0 unspecified atom stereocenters. The van der Waals surface area contributed by atoms with Crippen LogP contribution in [0, 0.1) is 0 Å². The number of allylic oxidation sites excluding steroid dienone is 1. The SMILES string of the molecule is CN(C)CCOc1ccc(C=CC2=CN(C)CO2)cc1.Cl. The topological polar surface area (TPSA) is 24.9 Å². The van der Waals surface area contributed by atoms with E-state index in [4.69, 9.17) is 9.47 Å². The van der Waals surface area contributed by atoms with Crippen LogP contribution in [0.3, 0.4) is 0 Å². The van der Waals surface area contributed by atoms with Crippen molar-refractivity contribution in [3.63, 3.8) is 0 Å². The van der Waals surface area contributed by atoms with Crippen molar-refractivity contribution in [2.24, 2.45) is 0 Å². The van der Waals surface area contributed by atoms with Gasteiger partial charge in [0.25, 0.3) is 0 Å². The van der Waals surface area contributed by atoms with Crippen molar-refractivity contribution in [3.05, 3.63) is 47.9 Å². The normalized spacial score (nSPS) is 14.1. The van der Waals surface area contributed by atoms with Crippen molar-refractivity contribution in [2.75, 3.05) is 41.0 Å². The Hall–Kier alpha value is -1.65. The first-order chi connectivity index (χ1) is 9.63. The predicted molar refractivity (Wildman–Crippen MR) is 88.6 cm³/mol. The second-order valence-electron chi connectivity index (χ2n) is 5.12. The Bertz CT molecular complexity index is 484. The number of benzene rings is 1. The zero-order chi connectivity index (χ0) is 14.4. The van der Waals surface area contributed by atoms with Crippen molar-refractivity contribution in [1.82, 2.24) is 9.80 Å². The molecule has 1 aliphatic rings. The summed E-state index contributed by atoms with van der Waals surface area (Å²) in [4.78, 5) is 4.10. The summed E-state index contributed by atoms with van der Waals surface area (Å²) in [6.07, 6.45) is 6.00. The molecule has 5 heteroatoms. The summed E-state index contributed by atoms with van der Waals surface area (Å²) in [7, 11) is 6.06. The fourth-order valence-electron chi connectivity index (χ4n) is 1.76. The van der Waals surface area contributed by atoms with E-state index in [0.717, 1.165) is 23.6 Å². The van der Waals surface area contributed by atoms with E-state index in [1.807, 2.05) is 68.7 Å². The van der Waals surface area contributed by atoms with E-state index in [1.165, 1.54) is 0 Å². The molecule has 0 amide bonds. The Balaban J connectivity index is 0.00000220. The molecule has 0 atom stereocenters. The summed E-state index contributed by atoms with van der Waals surface area (Å²) in [5.74, 6) is 1.79. The van der Waals surface area contributed by atoms with E-state index in [0.29, 0.717) is 13.3 Å². The minimum atomic E-state index is 0. The molecule has 116 valence electrons. The Morgan fingerprint density at radius 3 is 2.52 bits per heavy atom. The molecule has 4 nitrogen and oxygen atoms in total. The van der Waals surface area contributed by atoms with Crippen LogP contribution < -0.4 is 4.74 Å². The molecule has 0 aromatic heterocycles. The maximum atomic E-state index is 5.66. The summed E-state index contributed by atoms with van der Waals surface area (Å²) in [5, 5.41) is 0. The van der Waals surface area contributed by atoms with Gasteiger partial charge in [-0.25, -0.2) is 0 Å². The molecule has 0 saturated carbocycles. The Kier molecular flexibility index (Phi) is 7.12. The lowest BCUT2D eigenvalue weighted by atomic mass is 10.2. The molecule has 2 rings (SSSR count). The van der Waals surface area contributed by atoms with Gasteiger partial charge in [-0.05, 0) is 37.9 Å². The molecular formula is C16H23ClN2O2. The van der Waals surface area contributed by atoms with Crippen LogP contribution in [0.5, 0.6) is 5.75 Å². The predicted octanol–water partition coefficient (Wildman–Crippen LogP) is 2.82. The first kappa shape index (κ1) is 17.4. The van der Waals surface area contributed by atoms with Gasteiger partial charge in [0.1, 0.15) is 18.1 Å². The van der Waals surface area contributed by atoms with E-state index >= 15 is 0 Å². The summed E-state index contributed by atoms with van der Waals surface area (Å²) in [6, 6.07) is 8.07. The zero-order valence-electron chi connectivity index (χ0n) is 12.8. The third-order valence-corrected chi connectivity index (χ3v) is 2.91. The first-order valence-corrected chi connectivity index (χ1v) is 6.74. The van der Waals surface area contributed by atoms with Gasteiger partial charge in [-0.2, -0.15) is 0 Å². The smallest absolute Gasteiger partial charge is 0.161 e. The van der Waals surface area contributed by atoms with Crippen molar-refractivity contribution in [3.8, 4) is 5.75 Å². The number of hydrogen-bond acceptors (Lipinski definition) is 4. The van der Waals surface area contributed by atoms with Gasteiger partial charge < -0.3 is 19.3 Å². The maximum Gasteiger partial charge on any atom is 0.161 e. The van der Waals surface area contributed by atoms with Gasteiger partial charge in [-0.15, -0.1) is 12.4 Å². The van der Waals surface area contributed by atoms with Gasteiger partial charge in [0, 0.05) is 19.8 Å². The van der Waals surface area contributed by atoms with Gasteiger partial charge in [0.05, 0.1) is 0 Å². The summed E-state index contributed by atoms with van der Waals surface area (Å²) < 4.78 is 11.1. The number of ether oxygens (including phenoxy) is 2. The van der Waals surface area contributed by atoms with Gasteiger partial charge in [-0.3, -0.25) is 0 Å². The Labute approximate surface area is 133 Å². The van der Waals surface area contributed by atoms with Crippen LogP contribution in [0.1, 0.15) is 5.56 Å². The molecule has 1 aromatic carbocycles. The van der Waals surface area contributed by atoms with Crippen LogP contribution in [0.15, 0.2) is 42.3 Å². The summed E-state index contributed by atoms with van der Waals surface area (Å²) in [6.45, 7) is 2.24. The average molecular weight is 311 g/mol. The van der Waals surface area contributed by atoms with Crippen molar-refractivity contribution >= 4 is 18.5 Å². The lowest BCUT2D eigenvalue weighted by Crippen LogP contribution is -2.19. The largest absolute Gasteiger partial charge is 0.492 e. The first-order valence-electron chi connectivity index (χ1n) is 6.74. The lowest BCUT2D eigenvalue weighted by Gasteiger charge is -2.10. The minimum Gasteiger partial charge on any atom is -0.492 e. The molecule has 0 saturated heterocycles. The second-order valence-corrected chi connectivity index (χ2v) is 5.12. The Morgan fingerprint density at radius 1 is 1.24 bits per heavy atom. The van der Waals surface area contributed by atoms with Crippen molar-refractivity contribution in [2.45, 2.75) is 0 Å². The van der Waals surface area contributed by atoms with E-state index < -0.39 is 0 Å². The number of likely N-dealkylation sites (N-methyl/N-ethyl adjacent to an activating group) is 1. The number of rotatable bonds is 6. The molecule has 1 aliphatic heterocycles. The Morgan fingerprint density at radius 2 is 1.95 bits per heavy atom. The third-order valence-electron chi connectivity index (χ3n) is 2.91. The highest BCUT2D eigenvalue weighted by atomic mass is 35.5. The lowest BCUT2D eigenvalue weighted by molar-refractivity contribution is 0.177. The maximum absolute atomic E-state index is 5.66. The molecule has 0 radical (unpaired) electrons. The number of halogens is 1. The molecule has 0 bridgehead atoms. The fourth-order valence-corrected chi connectivity index (χ4v) is 1.76. The highest BCUT2D eigenvalue weighted by Crippen LogP contribution is 2.15. The molecule has 0 fully saturated rings. The second kappa shape index (κ2) is 8.60. The van der Waals surface area contributed by atoms with E-state index in [9.17, 15) is 0 Å². The van der Waals surface area contributed by atoms with E-state index in [1.54, 1.807) is 0 Å². The summed E-state index contributed by atoms with van der Waals surface area (Å²) in [5.41, 5.74) is 1.13. The standard InChI is InChI=1S/C16H22N2O2.ClH/c1-17(2)10-11-19-15-7-4-14(5-8-15)6-9-16-12-18(3)13-20-16;/h4-9,12H,10-11,13H2,1-3H3;1H. The van der Waals surface area contributed by atoms with Gasteiger partial charge in [0.2, 0.25) is 0 Å². The number of nitrogens with zero attached hydrogens (tertiary/aromatic N) is 2. The highest BCUT2D eigenvalue weighted by molar-refractivity contribution is 5.85. The third kappa shape index (κ3) is 6.10. The van der Waals surface area contributed by atoms with Crippen molar-refractivity contribution < 1.29 is 9.47 Å². The molecule has 0 N–H and O–H groups in total. The fraction of sp³-hybridized carbons (Fsp3) is 0.375. The molecule has 0 aliphatic carbocycles. The van der Waals surface area contributed by atoms with Gasteiger partial charge in [-0.1, -0.05) is 18.2 Å². The van der Waals surface area contributed by atoms with E-state index in [-0.39, 0.29) is 12.4 Å². The summed E-state index contributed by atoms with van der Waals surface area (Å²) >= 11 is 0. The molecule has 21 heavy (non-hydrogen) atoms. The van der Waals surface area contributed by atoms with Gasteiger partial charge >= 0.3 is 0 Å². The van der Waals surface area contributed by atoms with Crippen LogP contribution >= 0.6 is 12.4 Å². The van der Waals surface area contributed by atoms with Crippen LogP contribution in [0.2, 0.25) is 0 Å². The van der Waals surface area contributed by atoms with Crippen molar-refractivity contribution in [1.29, 1.82) is 0 Å². The van der Waals surface area contributed by atoms with Crippen LogP contribution in [0.25, 0.3) is 6.08 Å². The number of hydrogen-bond donors (Lipinski definition) is 0.